The van der Waals surface area contributed by atoms with Crippen molar-refractivity contribution in [2.45, 2.75) is 24.9 Å². The first-order valence-corrected chi connectivity index (χ1v) is 9.95. The molecule has 0 aromatic heterocycles. The van der Waals surface area contributed by atoms with Gasteiger partial charge in [0.15, 0.2) is 0 Å². The minimum atomic E-state index is -0.243. The first-order valence-electron chi connectivity index (χ1n) is 9.95. The third kappa shape index (κ3) is 3.64. The number of methoxy groups -OCH3 is 1. The average Bonchev–Trinajstić information content (AvgIpc) is 2.74. The quantitative estimate of drug-likeness (QED) is 0.790. The van der Waals surface area contributed by atoms with Gasteiger partial charge in [-0.25, -0.2) is 0 Å². The van der Waals surface area contributed by atoms with Gasteiger partial charge in [0.2, 0.25) is 11.8 Å². The number of ether oxygens (including phenoxy) is 1. The molecule has 2 aliphatic rings. The second kappa shape index (κ2) is 8.21. The van der Waals surface area contributed by atoms with E-state index in [1.807, 2.05) is 48.5 Å². The molecule has 30 heavy (non-hydrogen) atoms. The van der Waals surface area contributed by atoms with E-state index in [4.69, 9.17) is 4.74 Å². The summed E-state index contributed by atoms with van der Waals surface area (Å²) in [4.78, 5) is 27.5. The van der Waals surface area contributed by atoms with Gasteiger partial charge in [-0.15, -0.1) is 0 Å². The molecule has 1 N–H and O–H groups in total. The van der Waals surface area contributed by atoms with Crippen molar-refractivity contribution in [2.24, 2.45) is 0 Å². The van der Waals surface area contributed by atoms with E-state index in [-0.39, 0.29) is 43.0 Å². The van der Waals surface area contributed by atoms with E-state index < -0.39 is 0 Å². The summed E-state index contributed by atoms with van der Waals surface area (Å²) in [6, 6.07) is 15.1. The smallest absolute Gasteiger partial charge is 0.242 e. The van der Waals surface area contributed by atoms with E-state index in [9.17, 15) is 14.7 Å². The minimum absolute atomic E-state index is 0.00435. The number of piperazine rings is 1. The fourth-order valence-electron chi connectivity index (χ4n) is 4.35. The van der Waals surface area contributed by atoms with Crippen molar-refractivity contribution in [3.63, 3.8) is 0 Å². The number of fused-ring (bicyclic) bond motifs is 1. The Bertz CT molecular complexity index is 1000. The zero-order valence-corrected chi connectivity index (χ0v) is 17.0. The zero-order valence-electron chi connectivity index (χ0n) is 17.0. The van der Waals surface area contributed by atoms with E-state index in [1.165, 1.54) is 6.92 Å². The van der Waals surface area contributed by atoms with E-state index >= 15 is 0 Å². The highest BCUT2D eigenvalue weighted by Crippen LogP contribution is 2.42. The third-order valence-corrected chi connectivity index (χ3v) is 5.93. The predicted molar refractivity (Wildman–Crippen MR) is 112 cm³/mol. The molecule has 2 fully saturated rings. The number of carbonyl (C=O) groups excluding carboxylic acids is 2. The number of aliphatic hydroxyl groups is 1. The monoisotopic (exact) mass is 404 g/mol. The van der Waals surface area contributed by atoms with Crippen LogP contribution in [-0.2, 0) is 9.59 Å². The highest BCUT2D eigenvalue weighted by Gasteiger charge is 2.54. The van der Waals surface area contributed by atoms with Gasteiger partial charge in [0.05, 0.1) is 32.3 Å². The molecule has 2 aromatic rings. The Hall–Kier alpha value is -3.30. The highest BCUT2D eigenvalue weighted by atomic mass is 16.5. The number of hydrogen-bond acceptors (Lipinski definition) is 4. The van der Waals surface area contributed by atoms with Crippen LogP contribution in [0.5, 0.6) is 5.75 Å². The molecule has 2 aliphatic heterocycles. The van der Waals surface area contributed by atoms with Crippen molar-refractivity contribution < 1.29 is 19.4 Å². The maximum Gasteiger partial charge on any atom is 0.242 e. The molecule has 0 unspecified atom stereocenters. The summed E-state index contributed by atoms with van der Waals surface area (Å²) in [5, 5.41) is 9.85. The molecule has 154 valence electrons. The van der Waals surface area contributed by atoms with Crippen molar-refractivity contribution >= 4 is 11.8 Å². The Kier molecular flexibility index (Phi) is 5.47. The van der Waals surface area contributed by atoms with Crippen molar-refractivity contribution in [2.75, 3.05) is 26.8 Å². The predicted octanol–water partition coefficient (Wildman–Crippen LogP) is 1.61. The van der Waals surface area contributed by atoms with Crippen LogP contribution in [0.4, 0.5) is 0 Å². The lowest BCUT2D eigenvalue weighted by molar-refractivity contribution is -0.166. The second-order valence-corrected chi connectivity index (χ2v) is 7.64. The number of benzene rings is 2. The van der Waals surface area contributed by atoms with Gasteiger partial charge < -0.3 is 19.6 Å². The van der Waals surface area contributed by atoms with Gasteiger partial charge in [-0.05, 0) is 42.0 Å². The number of amides is 2. The molecule has 6 heteroatoms. The SMILES string of the molecule is COc1ccc(C#Cc2ccc([C@@H]3[C@@H](CO)N4C(=O)CN(C(C)=O)C[C@@H]34)cc2)cc1. The fourth-order valence-corrected chi connectivity index (χ4v) is 4.35. The summed E-state index contributed by atoms with van der Waals surface area (Å²) in [7, 11) is 1.63. The topological polar surface area (TPSA) is 70.1 Å². The molecular formula is C24H24N2O4. The maximum atomic E-state index is 12.4. The van der Waals surface area contributed by atoms with Crippen molar-refractivity contribution in [3.05, 3.63) is 65.2 Å². The zero-order chi connectivity index (χ0) is 21.3. The molecule has 2 saturated heterocycles. The maximum absolute atomic E-state index is 12.4. The van der Waals surface area contributed by atoms with E-state index in [2.05, 4.69) is 11.8 Å². The standard InChI is InChI=1S/C24H24N2O4/c1-16(28)25-13-21-24(22(15-27)26(21)23(29)14-25)19-9-5-17(6-10-19)3-4-18-7-11-20(30-2)12-8-18/h5-12,21-22,24,27H,13-15H2,1-2H3/t21-,22+,24-/m0/s1. The van der Waals surface area contributed by atoms with Crippen LogP contribution in [-0.4, -0.2) is 65.6 Å². The summed E-state index contributed by atoms with van der Waals surface area (Å²) in [5.74, 6) is 6.89. The first kappa shape index (κ1) is 20.0. The Morgan fingerprint density at radius 3 is 2.23 bits per heavy atom. The van der Waals surface area contributed by atoms with Gasteiger partial charge in [-0.3, -0.25) is 9.59 Å². The largest absolute Gasteiger partial charge is 0.497 e. The van der Waals surface area contributed by atoms with E-state index in [0.717, 1.165) is 22.4 Å². The summed E-state index contributed by atoms with van der Waals surface area (Å²) < 4.78 is 5.15. The van der Waals surface area contributed by atoms with Crippen molar-refractivity contribution in [1.29, 1.82) is 0 Å². The molecule has 2 amide bonds. The summed E-state index contributed by atoms with van der Waals surface area (Å²) in [5.41, 5.74) is 2.83. The van der Waals surface area contributed by atoms with E-state index in [0.29, 0.717) is 6.54 Å². The van der Waals surface area contributed by atoms with Crippen LogP contribution < -0.4 is 4.74 Å². The van der Waals surface area contributed by atoms with Gasteiger partial charge >= 0.3 is 0 Å². The van der Waals surface area contributed by atoms with Crippen molar-refractivity contribution in [1.82, 2.24) is 9.80 Å². The first-order chi connectivity index (χ1) is 14.5. The Morgan fingerprint density at radius 1 is 1.10 bits per heavy atom. The van der Waals surface area contributed by atoms with Crippen LogP contribution in [0.1, 0.15) is 29.5 Å². The Labute approximate surface area is 176 Å². The molecule has 0 bridgehead atoms. The third-order valence-electron chi connectivity index (χ3n) is 5.93. The molecule has 0 aliphatic carbocycles. The number of aliphatic hydroxyl groups excluding tert-OH is 1. The molecule has 3 atom stereocenters. The van der Waals surface area contributed by atoms with Gasteiger partial charge in [0.1, 0.15) is 5.75 Å². The molecule has 0 spiro atoms. The van der Waals surface area contributed by atoms with Crippen molar-refractivity contribution in [3.8, 4) is 17.6 Å². The summed E-state index contributed by atoms with van der Waals surface area (Å²) in [6.45, 7) is 1.98. The second-order valence-electron chi connectivity index (χ2n) is 7.64. The number of nitrogens with zero attached hydrogens (tertiary/aromatic N) is 2. The lowest BCUT2D eigenvalue weighted by atomic mass is 9.73. The summed E-state index contributed by atoms with van der Waals surface area (Å²) >= 11 is 0. The van der Waals surface area contributed by atoms with Gasteiger partial charge in [0.25, 0.3) is 0 Å². The number of carbonyl (C=O) groups is 2. The normalized spacial score (nSPS) is 22.5. The average molecular weight is 404 g/mol. The van der Waals surface area contributed by atoms with Crippen LogP contribution in [0.25, 0.3) is 0 Å². The molecular weight excluding hydrogens is 380 g/mol. The lowest BCUT2D eigenvalue weighted by Crippen LogP contribution is -2.73. The Balaban J connectivity index is 1.51. The van der Waals surface area contributed by atoms with Crippen LogP contribution in [0.2, 0.25) is 0 Å². The molecule has 2 heterocycles. The molecule has 0 radical (unpaired) electrons. The fraction of sp³-hybridized carbons (Fsp3) is 0.333. The lowest BCUT2D eigenvalue weighted by Gasteiger charge is -2.58. The number of rotatable bonds is 3. The van der Waals surface area contributed by atoms with Crippen LogP contribution in [0, 0.1) is 11.8 Å². The highest BCUT2D eigenvalue weighted by molar-refractivity contribution is 5.87. The molecule has 0 saturated carbocycles. The number of hydrogen-bond donors (Lipinski definition) is 1. The van der Waals surface area contributed by atoms with E-state index in [1.54, 1.807) is 16.9 Å². The van der Waals surface area contributed by atoms with Crippen LogP contribution in [0.15, 0.2) is 48.5 Å². The van der Waals surface area contributed by atoms with Crippen LogP contribution in [0.3, 0.4) is 0 Å². The Morgan fingerprint density at radius 2 is 1.70 bits per heavy atom. The van der Waals surface area contributed by atoms with Gasteiger partial charge in [-0.2, -0.15) is 0 Å². The van der Waals surface area contributed by atoms with Crippen LogP contribution >= 0.6 is 0 Å². The molecule has 2 aromatic carbocycles. The minimum Gasteiger partial charge on any atom is -0.497 e. The van der Waals surface area contributed by atoms with Gasteiger partial charge in [0, 0.05) is 30.5 Å². The summed E-state index contributed by atoms with van der Waals surface area (Å²) in [6.07, 6.45) is 0. The molecule has 4 rings (SSSR count). The molecule has 6 nitrogen and oxygen atoms in total. The van der Waals surface area contributed by atoms with Gasteiger partial charge in [-0.1, -0.05) is 24.0 Å².